The molecule has 4 rings (SSSR count). The van der Waals surface area contributed by atoms with Crippen LogP contribution in [0.15, 0.2) is 57.5 Å². The third-order valence-corrected chi connectivity index (χ3v) is 5.27. The monoisotopic (exact) mass is 412 g/mol. The number of nitrogens with zero attached hydrogens (tertiary/aromatic N) is 4. The predicted octanol–water partition coefficient (Wildman–Crippen LogP) is 3.94. The lowest BCUT2D eigenvalue weighted by Crippen LogP contribution is -2.23. The molecule has 152 valence electrons. The van der Waals surface area contributed by atoms with E-state index in [0.717, 1.165) is 4.57 Å². The van der Waals surface area contributed by atoms with Crippen LogP contribution in [-0.4, -0.2) is 21.2 Å². The Hall–Kier alpha value is -4.38. The SMILES string of the molecule is CCn1c(O)c(/N=N/c2cccc3c2C(=O)c2ccccc2C3=O)c(C)c(C#N)c1=O. The minimum Gasteiger partial charge on any atom is -0.493 e. The van der Waals surface area contributed by atoms with E-state index in [4.69, 9.17) is 0 Å². The van der Waals surface area contributed by atoms with Crippen molar-refractivity contribution in [1.29, 1.82) is 5.26 Å². The summed E-state index contributed by atoms with van der Waals surface area (Å²) in [5.74, 6) is -1.06. The van der Waals surface area contributed by atoms with Gasteiger partial charge in [-0.25, -0.2) is 0 Å². The number of aromatic hydroxyl groups is 1. The number of azo groups is 1. The number of aromatic nitrogens is 1. The standard InChI is InChI=1S/C23H16N4O4/c1-3-27-22(30)16(11-24)12(2)19(23(27)31)26-25-17-10-6-9-15-18(17)21(29)14-8-5-4-7-13(14)20(15)28/h4-10,31H,3H2,1-2H3/b26-25+. The lowest BCUT2D eigenvalue weighted by atomic mass is 9.83. The number of hydrogen-bond donors (Lipinski definition) is 1. The molecule has 0 unspecified atom stereocenters. The fourth-order valence-electron chi connectivity index (χ4n) is 3.66. The van der Waals surface area contributed by atoms with Crippen molar-refractivity contribution in [3.8, 4) is 11.9 Å². The van der Waals surface area contributed by atoms with Crippen molar-refractivity contribution in [1.82, 2.24) is 4.57 Å². The van der Waals surface area contributed by atoms with Gasteiger partial charge in [-0.2, -0.15) is 5.26 Å². The van der Waals surface area contributed by atoms with Crippen LogP contribution in [0.3, 0.4) is 0 Å². The second-order valence-electron chi connectivity index (χ2n) is 6.94. The number of rotatable bonds is 3. The Balaban J connectivity index is 1.89. The molecule has 0 fully saturated rings. The van der Waals surface area contributed by atoms with E-state index in [9.17, 15) is 24.8 Å². The van der Waals surface area contributed by atoms with Crippen LogP contribution in [-0.2, 0) is 6.54 Å². The smallest absolute Gasteiger partial charge is 0.271 e. The van der Waals surface area contributed by atoms with Crippen LogP contribution in [0.5, 0.6) is 5.88 Å². The summed E-state index contributed by atoms with van der Waals surface area (Å²) in [6.45, 7) is 3.26. The molecule has 8 heteroatoms. The van der Waals surface area contributed by atoms with Crippen molar-refractivity contribution < 1.29 is 14.7 Å². The molecule has 1 aliphatic rings. The van der Waals surface area contributed by atoms with Gasteiger partial charge in [0.05, 0.1) is 11.3 Å². The number of fused-ring (bicyclic) bond motifs is 2. The van der Waals surface area contributed by atoms with Gasteiger partial charge in [-0.15, -0.1) is 10.2 Å². The Labute approximate surface area is 176 Å². The average molecular weight is 412 g/mol. The van der Waals surface area contributed by atoms with Crippen LogP contribution in [0.25, 0.3) is 0 Å². The van der Waals surface area contributed by atoms with Gasteiger partial charge in [0, 0.05) is 28.8 Å². The van der Waals surface area contributed by atoms with Crippen molar-refractivity contribution in [3.05, 3.63) is 86.2 Å². The summed E-state index contributed by atoms with van der Waals surface area (Å²) in [5.41, 5.74) is 0.466. The highest BCUT2D eigenvalue weighted by Gasteiger charge is 2.31. The molecule has 0 saturated heterocycles. The van der Waals surface area contributed by atoms with E-state index >= 15 is 0 Å². The average Bonchev–Trinajstić information content (AvgIpc) is 2.78. The van der Waals surface area contributed by atoms with Crippen molar-refractivity contribution in [2.75, 3.05) is 0 Å². The summed E-state index contributed by atoms with van der Waals surface area (Å²) < 4.78 is 1.02. The molecule has 1 N–H and O–H groups in total. The summed E-state index contributed by atoms with van der Waals surface area (Å²) in [4.78, 5) is 38.2. The Kier molecular flexibility index (Phi) is 4.79. The number of carbonyl (C=O) groups excluding carboxylic acids is 2. The lowest BCUT2D eigenvalue weighted by Gasteiger charge is -2.18. The van der Waals surface area contributed by atoms with Gasteiger partial charge in [0.1, 0.15) is 11.6 Å². The minimum absolute atomic E-state index is 0.0504. The lowest BCUT2D eigenvalue weighted by molar-refractivity contribution is 0.0979. The third kappa shape index (κ3) is 2.95. The zero-order valence-electron chi connectivity index (χ0n) is 16.7. The van der Waals surface area contributed by atoms with Crippen molar-refractivity contribution >= 4 is 22.9 Å². The van der Waals surface area contributed by atoms with Gasteiger partial charge in [0.25, 0.3) is 5.56 Å². The van der Waals surface area contributed by atoms with Gasteiger partial charge >= 0.3 is 0 Å². The first-order chi connectivity index (χ1) is 14.9. The molecule has 1 heterocycles. The number of carbonyl (C=O) groups is 2. The van der Waals surface area contributed by atoms with Gasteiger partial charge in [0.15, 0.2) is 17.3 Å². The molecule has 1 aromatic heterocycles. The van der Waals surface area contributed by atoms with Crippen LogP contribution < -0.4 is 5.56 Å². The highest BCUT2D eigenvalue weighted by molar-refractivity contribution is 6.29. The Morgan fingerprint density at radius 2 is 1.61 bits per heavy atom. The highest BCUT2D eigenvalue weighted by atomic mass is 16.3. The number of benzene rings is 2. The first-order valence-electron chi connectivity index (χ1n) is 9.50. The molecule has 0 aliphatic heterocycles. The second kappa shape index (κ2) is 7.46. The van der Waals surface area contributed by atoms with Crippen LogP contribution in [0.2, 0.25) is 0 Å². The molecule has 31 heavy (non-hydrogen) atoms. The van der Waals surface area contributed by atoms with Crippen molar-refractivity contribution in [2.24, 2.45) is 10.2 Å². The van der Waals surface area contributed by atoms with Crippen molar-refractivity contribution in [3.63, 3.8) is 0 Å². The Morgan fingerprint density at radius 1 is 0.968 bits per heavy atom. The normalized spacial score (nSPS) is 12.5. The topological polar surface area (TPSA) is 125 Å². The molecule has 0 radical (unpaired) electrons. The van der Waals surface area contributed by atoms with E-state index in [1.165, 1.54) is 13.0 Å². The predicted molar refractivity (Wildman–Crippen MR) is 111 cm³/mol. The molecule has 2 aromatic carbocycles. The van der Waals surface area contributed by atoms with E-state index in [0.29, 0.717) is 5.56 Å². The molecular weight excluding hydrogens is 396 g/mol. The first kappa shape index (κ1) is 19.9. The largest absolute Gasteiger partial charge is 0.493 e. The summed E-state index contributed by atoms with van der Waals surface area (Å²) in [5, 5.41) is 28.0. The molecule has 0 spiro atoms. The van der Waals surface area contributed by atoms with Crippen molar-refractivity contribution in [2.45, 2.75) is 20.4 Å². The van der Waals surface area contributed by atoms with Crippen LogP contribution in [0, 0.1) is 18.3 Å². The maximum atomic E-state index is 13.1. The van der Waals surface area contributed by atoms with Crippen LogP contribution in [0.1, 0.15) is 49.9 Å². The van der Waals surface area contributed by atoms with E-state index in [1.54, 1.807) is 43.3 Å². The summed E-state index contributed by atoms with van der Waals surface area (Å²) in [6, 6.07) is 13.1. The fraction of sp³-hybridized carbons (Fsp3) is 0.130. The maximum absolute atomic E-state index is 13.1. The summed E-state index contributed by atoms with van der Waals surface area (Å²) >= 11 is 0. The fourth-order valence-corrected chi connectivity index (χ4v) is 3.66. The van der Waals surface area contributed by atoms with Gasteiger partial charge < -0.3 is 5.11 Å². The van der Waals surface area contributed by atoms with E-state index in [1.807, 2.05) is 6.07 Å². The Morgan fingerprint density at radius 3 is 2.26 bits per heavy atom. The number of ketones is 2. The number of hydrogen-bond acceptors (Lipinski definition) is 7. The zero-order valence-corrected chi connectivity index (χ0v) is 16.7. The summed E-state index contributed by atoms with van der Waals surface area (Å²) in [6.07, 6.45) is 0. The van der Waals surface area contributed by atoms with Gasteiger partial charge in [-0.3, -0.25) is 19.0 Å². The molecule has 0 amide bonds. The molecule has 0 bridgehead atoms. The zero-order chi connectivity index (χ0) is 22.3. The molecule has 3 aromatic rings. The molecular formula is C23H16N4O4. The van der Waals surface area contributed by atoms with E-state index in [2.05, 4.69) is 10.2 Å². The Bertz CT molecular complexity index is 1410. The van der Waals surface area contributed by atoms with Gasteiger partial charge in [-0.1, -0.05) is 36.4 Å². The van der Waals surface area contributed by atoms with E-state index < -0.39 is 11.4 Å². The van der Waals surface area contributed by atoms with Crippen LogP contribution >= 0.6 is 0 Å². The number of pyridine rings is 1. The molecule has 0 saturated carbocycles. The first-order valence-corrected chi connectivity index (χ1v) is 9.50. The third-order valence-electron chi connectivity index (χ3n) is 5.27. The molecule has 0 atom stereocenters. The van der Waals surface area contributed by atoms with Gasteiger partial charge in [0.2, 0.25) is 5.88 Å². The summed E-state index contributed by atoms with van der Waals surface area (Å²) in [7, 11) is 0. The maximum Gasteiger partial charge on any atom is 0.271 e. The minimum atomic E-state index is -0.617. The van der Waals surface area contributed by atoms with Crippen LogP contribution in [0.4, 0.5) is 11.4 Å². The van der Waals surface area contributed by atoms with Gasteiger partial charge in [-0.05, 0) is 19.9 Å². The molecule has 8 nitrogen and oxygen atoms in total. The second-order valence-corrected chi connectivity index (χ2v) is 6.94. The quantitative estimate of drug-likeness (QED) is 0.510. The van der Waals surface area contributed by atoms with E-state index in [-0.39, 0.29) is 57.3 Å². The molecule has 1 aliphatic carbocycles. The number of nitriles is 1. The highest BCUT2D eigenvalue weighted by Crippen LogP contribution is 2.36.